The van der Waals surface area contributed by atoms with E-state index in [1.807, 2.05) is 6.07 Å². The lowest BCUT2D eigenvalue weighted by atomic mass is 9.42. The van der Waals surface area contributed by atoms with Gasteiger partial charge in [-0.2, -0.15) is 0 Å². The van der Waals surface area contributed by atoms with Crippen molar-refractivity contribution in [2.45, 2.75) is 57.0 Å². The lowest BCUT2D eigenvalue weighted by Gasteiger charge is -2.63. The molecule has 0 N–H and O–H groups in total. The van der Waals surface area contributed by atoms with Gasteiger partial charge in [-0.05, 0) is 37.2 Å². The number of ether oxygens (including phenoxy) is 3. The van der Waals surface area contributed by atoms with Gasteiger partial charge < -0.3 is 18.6 Å². The average molecular weight is 344 g/mol. The molecular formula is C20H24O5. The molecular weight excluding hydrogens is 320 g/mol. The standard InChI is InChI=1S/C20H24O5/c1-12-7-16(21)20-11-23-17-19(12,8-14(25-17)13-4-6-22-9-13)15(20)3-2-5-18(20)10-24-18/h4,6,9,12,14-15,17H,2-3,5,7-8,10-11H2,1H3/t12-,14-,15+,17-,18-,19-,20+/m0/s1. The fraction of sp³-hybridized carbons (Fsp3) is 0.750. The number of epoxide rings is 1. The van der Waals surface area contributed by atoms with E-state index in [1.54, 1.807) is 12.5 Å². The molecule has 0 unspecified atom stereocenters. The number of ketones is 1. The second-order valence-corrected chi connectivity index (χ2v) is 8.87. The molecule has 2 spiro atoms. The Kier molecular flexibility index (Phi) is 2.73. The highest BCUT2D eigenvalue weighted by molar-refractivity contribution is 5.89. The summed E-state index contributed by atoms with van der Waals surface area (Å²) in [5, 5.41) is 0. The molecule has 0 aromatic carbocycles. The quantitative estimate of drug-likeness (QED) is 0.732. The summed E-state index contributed by atoms with van der Waals surface area (Å²) in [6.07, 6.45) is 8.01. The van der Waals surface area contributed by atoms with E-state index in [1.165, 1.54) is 0 Å². The highest BCUT2D eigenvalue weighted by Crippen LogP contribution is 2.73. The summed E-state index contributed by atoms with van der Waals surface area (Å²) < 4.78 is 24.0. The van der Waals surface area contributed by atoms with Gasteiger partial charge in [0.25, 0.3) is 0 Å². The van der Waals surface area contributed by atoms with Gasteiger partial charge in [0.2, 0.25) is 0 Å². The summed E-state index contributed by atoms with van der Waals surface area (Å²) in [6.45, 7) is 3.41. The van der Waals surface area contributed by atoms with Crippen LogP contribution in [-0.2, 0) is 19.0 Å². The van der Waals surface area contributed by atoms with E-state index < -0.39 is 5.41 Å². The van der Waals surface area contributed by atoms with Crippen LogP contribution in [-0.4, -0.2) is 30.9 Å². The van der Waals surface area contributed by atoms with Crippen molar-refractivity contribution in [2.75, 3.05) is 13.2 Å². The molecule has 134 valence electrons. The molecule has 5 fully saturated rings. The lowest BCUT2D eigenvalue weighted by Crippen LogP contribution is -2.70. The largest absolute Gasteiger partial charge is 0.472 e. The molecule has 0 amide bonds. The van der Waals surface area contributed by atoms with Gasteiger partial charge in [-0.1, -0.05) is 13.3 Å². The minimum Gasteiger partial charge on any atom is -0.472 e. The molecule has 2 aliphatic carbocycles. The first-order chi connectivity index (χ1) is 12.1. The topological polar surface area (TPSA) is 61.2 Å². The first kappa shape index (κ1) is 14.9. The van der Waals surface area contributed by atoms with Crippen LogP contribution < -0.4 is 0 Å². The van der Waals surface area contributed by atoms with Crippen molar-refractivity contribution in [1.82, 2.24) is 0 Å². The minimum atomic E-state index is -0.442. The van der Waals surface area contributed by atoms with E-state index in [4.69, 9.17) is 18.6 Å². The zero-order valence-electron chi connectivity index (χ0n) is 14.5. The summed E-state index contributed by atoms with van der Waals surface area (Å²) >= 11 is 0. The summed E-state index contributed by atoms with van der Waals surface area (Å²) in [4.78, 5) is 13.3. The minimum absolute atomic E-state index is 0.00630. The first-order valence-electron chi connectivity index (χ1n) is 9.59. The number of hydrogen-bond acceptors (Lipinski definition) is 5. The zero-order valence-corrected chi connectivity index (χ0v) is 14.5. The van der Waals surface area contributed by atoms with Crippen LogP contribution >= 0.6 is 0 Å². The third-order valence-electron chi connectivity index (χ3n) is 8.17. The predicted octanol–water partition coefficient (Wildman–Crippen LogP) is 3.25. The van der Waals surface area contributed by atoms with Crippen LogP contribution in [0.5, 0.6) is 0 Å². The molecule has 5 aliphatic rings. The van der Waals surface area contributed by atoms with Crippen molar-refractivity contribution >= 4 is 5.78 Å². The van der Waals surface area contributed by atoms with Crippen molar-refractivity contribution < 1.29 is 23.4 Å². The Bertz CT molecular complexity index is 722. The smallest absolute Gasteiger partial charge is 0.164 e. The van der Waals surface area contributed by atoms with Crippen LogP contribution in [0.15, 0.2) is 23.0 Å². The highest BCUT2D eigenvalue weighted by atomic mass is 16.7. The Morgan fingerprint density at radius 2 is 2.16 bits per heavy atom. The molecule has 5 heteroatoms. The van der Waals surface area contributed by atoms with Crippen molar-refractivity contribution in [3.8, 4) is 0 Å². The van der Waals surface area contributed by atoms with E-state index in [9.17, 15) is 4.79 Å². The van der Waals surface area contributed by atoms with E-state index in [0.29, 0.717) is 24.7 Å². The zero-order chi connectivity index (χ0) is 16.9. The van der Waals surface area contributed by atoms with Crippen LogP contribution in [0.2, 0.25) is 0 Å². The summed E-state index contributed by atoms with van der Waals surface area (Å²) in [7, 11) is 0. The molecule has 7 atom stereocenters. The van der Waals surface area contributed by atoms with Gasteiger partial charge in [0.05, 0.1) is 37.3 Å². The fourth-order valence-electron chi connectivity index (χ4n) is 6.89. The number of carbonyl (C=O) groups excluding carboxylic acids is 1. The van der Waals surface area contributed by atoms with Crippen molar-refractivity contribution in [3.63, 3.8) is 0 Å². The monoisotopic (exact) mass is 344 g/mol. The summed E-state index contributed by atoms with van der Waals surface area (Å²) in [5.74, 6) is 0.954. The predicted molar refractivity (Wildman–Crippen MR) is 86.6 cm³/mol. The average Bonchev–Trinajstić information content (AvgIpc) is 3.06. The molecule has 4 heterocycles. The summed E-state index contributed by atoms with van der Waals surface area (Å²) in [6, 6.07) is 1.98. The van der Waals surface area contributed by atoms with Crippen LogP contribution in [0.4, 0.5) is 0 Å². The number of hydrogen-bond donors (Lipinski definition) is 0. The molecule has 1 aromatic heterocycles. The SMILES string of the molecule is C[C@H]1CC(=O)[C@@]23CO[C@H]4O[C@H](c5ccoc5)C[C@]41[C@H]2CCC[C@]31CO1. The molecule has 3 aliphatic heterocycles. The molecule has 2 bridgehead atoms. The van der Waals surface area contributed by atoms with E-state index in [0.717, 1.165) is 37.9 Å². The Hall–Kier alpha value is -1.17. The molecule has 2 saturated carbocycles. The van der Waals surface area contributed by atoms with Gasteiger partial charge in [0.1, 0.15) is 11.4 Å². The van der Waals surface area contributed by atoms with Gasteiger partial charge in [-0.3, -0.25) is 4.79 Å². The maximum atomic E-state index is 13.3. The van der Waals surface area contributed by atoms with Gasteiger partial charge in [0, 0.05) is 17.4 Å². The Balaban J connectivity index is 1.48. The number of furan rings is 1. The van der Waals surface area contributed by atoms with Crippen LogP contribution in [0.3, 0.4) is 0 Å². The number of Topliss-reactive ketones (excluding diaryl/α,β-unsaturated/α-hetero) is 1. The van der Waals surface area contributed by atoms with Crippen molar-refractivity contribution in [1.29, 1.82) is 0 Å². The fourth-order valence-corrected chi connectivity index (χ4v) is 6.89. The second-order valence-electron chi connectivity index (χ2n) is 8.87. The number of carbonyl (C=O) groups is 1. The van der Waals surface area contributed by atoms with Crippen molar-refractivity contribution in [2.24, 2.45) is 22.7 Å². The Morgan fingerprint density at radius 1 is 1.28 bits per heavy atom. The van der Waals surface area contributed by atoms with Crippen LogP contribution in [0.1, 0.15) is 50.7 Å². The van der Waals surface area contributed by atoms with Gasteiger partial charge in [-0.15, -0.1) is 0 Å². The van der Waals surface area contributed by atoms with Gasteiger partial charge >= 0.3 is 0 Å². The third kappa shape index (κ3) is 1.55. The third-order valence-corrected chi connectivity index (χ3v) is 8.17. The van der Waals surface area contributed by atoms with Crippen LogP contribution in [0, 0.1) is 22.7 Å². The maximum absolute atomic E-state index is 13.3. The second kappa shape index (κ2) is 4.56. The van der Waals surface area contributed by atoms with E-state index in [2.05, 4.69) is 6.92 Å². The highest BCUT2D eigenvalue weighted by Gasteiger charge is 2.79. The molecule has 25 heavy (non-hydrogen) atoms. The maximum Gasteiger partial charge on any atom is 0.164 e. The number of rotatable bonds is 1. The normalized spacial score (nSPS) is 53.6. The van der Waals surface area contributed by atoms with Crippen LogP contribution in [0.25, 0.3) is 0 Å². The first-order valence-corrected chi connectivity index (χ1v) is 9.59. The lowest BCUT2D eigenvalue weighted by molar-refractivity contribution is -0.293. The van der Waals surface area contributed by atoms with E-state index >= 15 is 0 Å². The molecule has 3 saturated heterocycles. The van der Waals surface area contributed by atoms with Crippen molar-refractivity contribution in [3.05, 3.63) is 24.2 Å². The molecule has 1 aromatic rings. The molecule has 5 nitrogen and oxygen atoms in total. The summed E-state index contributed by atoms with van der Waals surface area (Å²) in [5.41, 5.74) is 0.296. The molecule has 6 rings (SSSR count). The Labute approximate surface area is 147 Å². The van der Waals surface area contributed by atoms with Gasteiger partial charge in [-0.25, -0.2) is 0 Å². The van der Waals surface area contributed by atoms with Gasteiger partial charge in [0.15, 0.2) is 6.29 Å². The Morgan fingerprint density at radius 3 is 2.92 bits per heavy atom. The van der Waals surface area contributed by atoms with E-state index in [-0.39, 0.29) is 29.3 Å². The molecule has 0 radical (unpaired) electrons.